The van der Waals surface area contributed by atoms with E-state index in [1.165, 1.54) is 0 Å². The van der Waals surface area contributed by atoms with Crippen molar-refractivity contribution in [3.05, 3.63) is 6.35 Å². The first-order valence-electron chi connectivity index (χ1n) is 1.99. The molecule has 3 rings (SSSR count). The van der Waals surface area contributed by atoms with Crippen molar-refractivity contribution in [3.8, 4) is 0 Å². The lowest BCUT2D eigenvalue weighted by atomic mass is 10.6. The first-order valence-corrected chi connectivity index (χ1v) is 1.99. The van der Waals surface area contributed by atoms with Gasteiger partial charge >= 0.3 is 0 Å². The highest BCUT2D eigenvalue weighted by Gasteiger charge is 2.37. The Morgan fingerprint density at radius 1 is 1.83 bits per heavy atom. The zero-order chi connectivity index (χ0) is 3.98. The fourth-order valence-corrected chi connectivity index (χ4v) is 0.665. The molecule has 3 fully saturated rings. The highest BCUT2D eigenvalue weighted by Crippen LogP contribution is 2.16. The second kappa shape index (κ2) is 0.753. The Morgan fingerprint density at radius 3 is 2.83 bits per heavy atom. The van der Waals surface area contributed by atoms with Gasteiger partial charge in [0.05, 0.1) is 0 Å². The van der Waals surface area contributed by atoms with Crippen LogP contribution in [-0.2, 0) is 4.74 Å². The summed E-state index contributed by atoms with van der Waals surface area (Å²) in [5.41, 5.74) is 0. The molecule has 1 radical (unpaired) electrons. The van der Waals surface area contributed by atoms with Gasteiger partial charge in [-0.05, 0) is 0 Å². The van der Waals surface area contributed by atoms with Crippen LogP contribution in [0.2, 0.25) is 0 Å². The van der Waals surface area contributed by atoms with E-state index in [1.807, 2.05) is 0 Å². The maximum Gasteiger partial charge on any atom is 0.238 e. The molecule has 0 aromatic carbocycles. The minimum Gasteiger partial charge on any atom is -0.322 e. The number of hydrogen-bond donors (Lipinski definition) is 2. The standard InChI is InChI=1S/C3H5N2O/c1-2-5-3(4-1)6-2/h2,4-5H,1H2. The van der Waals surface area contributed by atoms with E-state index in [4.69, 9.17) is 4.74 Å². The zero-order valence-corrected chi connectivity index (χ0v) is 3.19. The maximum atomic E-state index is 4.94. The van der Waals surface area contributed by atoms with E-state index in [0.29, 0.717) is 6.23 Å². The van der Waals surface area contributed by atoms with Gasteiger partial charge in [0, 0.05) is 6.54 Å². The first kappa shape index (κ1) is 2.96. The zero-order valence-electron chi connectivity index (χ0n) is 3.19. The molecule has 0 amide bonds. The molecule has 33 valence electrons. The van der Waals surface area contributed by atoms with Gasteiger partial charge in [-0.15, -0.1) is 0 Å². The molecule has 3 nitrogen and oxygen atoms in total. The molecule has 3 aliphatic rings. The summed E-state index contributed by atoms with van der Waals surface area (Å²) in [6.07, 6.45) is 1.14. The summed E-state index contributed by atoms with van der Waals surface area (Å²) in [7, 11) is 0. The van der Waals surface area contributed by atoms with Crippen molar-refractivity contribution in [2.24, 2.45) is 0 Å². The average molecular weight is 85.1 g/mol. The van der Waals surface area contributed by atoms with Crippen molar-refractivity contribution < 1.29 is 4.74 Å². The Morgan fingerprint density at radius 2 is 2.67 bits per heavy atom. The van der Waals surface area contributed by atoms with E-state index >= 15 is 0 Å². The molecule has 3 saturated heterocycles. The Hall–Kier alpha value is -0.120. The minimum absolute atomic E-state index is 0.292. The summed E-state index contributed by atoms with van der Waals surface area (Å²) in [6.45, 7) is 0.940. The van der Waals surface area contributed by atoms with Crippen molar-refractivity contribution in [1.82, 2.24) is 10.6 Å². The number of fused-ring (bicyclic) bond motifs is 1. The second-order valence-corrected chi connectivity index (χ2v) is 1.46. The molecule has 2 bridgehead atoms. The Balaban J connectivity index is 2.16. The molecular formula is C3H5N2O. The van der Waals surface area contributed by atoms with E-state index in [1.54, 1.807) is 0 Å². The van der Waals surface area contributed by atoms with Crippen molar-refractivity contribution >= 4 is 0 Å². The molecule has 0 spiro atoms. The summed E-state index contributed by atoms with van der Waals surface area (Å²) >= 11 is 0. The van der Waals surface area contributed by atoms with E-state index in [-0.39, 0.29) is 0 Å². The van der Waals surface area contributed by atoms with Crippen LogP contribution in [0.25, 0.3) is 0 Å². The Labute approximate surface area is 35.7 Å². The third kappa shape index (κ3) is 0.194. The summed E-state index contributed by atoms with van der Waals surface area (Å²) < 4.78 is 4.94. The smallest absolute Gasteiger partial charge is 0.238 e. The van der Waals surface area contributed by atoms with Crippen LogP contribution >= 0.6 is 0 Å². The summed E-state index contributed by atoms with van der Waals surface area (Å²) in [6, 6.07) is 0. The van der Waals surface area contributed by atoms with E-state index in [9.17, 15) is 0 Å². The molecule has 1 unspecified atom stereocenters. The molecule has 3 heterocycles. The lowest BCUT2D eigenvalue weighted by Crippen LogP contribution is -2.42. The van der Waals surface area contributed by atoms with Gasteiger partial charge in [-0.25, -0.2) is 5.32 Å². The highest BCUT2D eigenvalue weighted by atomic mass is 16.6. The van der Waals surface area contributed by atoms with Crippen LogP contribution in [0.1, 0.15) is 0 Å². The average Bonchev–Trinajstić information content (AvgIpc) is 1.72. The molecule has 0 aromatic heterocycles. The molecule has 0 aliphatic carbocycles. The maximum absolute atomic E-state index is 4.94. The van der Waals surface area contributed by atoms with Gasteiger partial charge in [-0.3, -0.25) is 5.32 Å². The predicted molar refractivity (Wildman–Crippen MR) is 19.3 cm³/mol. The van der Waals surface area contributed by atoms with E-state index < -0.39 is 0 Å². The molecule has 0 aromatic rings. The molecule has 2 N–H and O–H groups in total. The molecule has 0 saturated carbocycles. The summed E-state index contributed by atoms with van der Waals surface area (Å²) in [5, 5.41) is 5.98. The van der Waals surface area contributed by atoms with Crippen LogP contribution in [0.5, 0.6) is 0 Å². The van der Waals surface area contributed by atoms with Crippen molar-refractivity contribution in [2.75, 3.05) is 6.54 Å². The van der Waals surface area contributed by atoms with E-state index in [0.717, 1.165) is 12.9 Å². The third-order valence-electron chi connectivity index (χ3n) is 1.00. The van der Waals surface area contributed by atoms with Crippen molar-refractivity contribution in [2.45, 2.75) is 6.23 Å². The number of rotatable bonds is 0. The van der Waals surface area contributed by atoms with Crippen LogP contribution in [0.15, 0.2) is 0 Å². The van der Waals surface area contributed by atoms with Crippen LogP contribution in [-0.4, -0.2) is 12.8 Å². The molecule has 6 heavy (non-hydrogen) atoms. The summed E-state index contributed by atoms with van der Waals surface area (Å²) in [5.74, 6) is 0. The predicted octanol–water partition coefficient (Wildman–Crippen LogP) is -1.02. The van der Waals surface area contributed by atoms with Crippen molar-refractivity contribution in [1.29, 1.82) is 0 Å². The minimum atomic E-state index is 0.292. The first-order chi connectivity index (χ1) is 2.95. The van der Waals surface area contributed by atoms with Crippen LogP contribution < -0.4 is 10.6 Å². The molecule has 3 heteroatoms. The SMILES string of the molecule is C1N[C]2NC1O2. The van der Waals surface area contributed by atoms with Crippen LogP contribution in [0, 0.1) is 6.35 Å². The molecule has 3 aliphatic heterocycles. The van der Waals surface area contributed by atoms with Crippen LogP contribution in [0.3, 0.4) is 0 Å². The van der Waals surface area contributed by atoms with Gasteiger partial charge in [0.15, 0.2) is 0 Å². The Bertz CT molecular complexity index is 55.7. The molecular weight excluding hydrogens is 80.0 g/mol. The van der Waals surface area contributed by atoms with Gasteiger partial charge in [0.1, 0.15) is 6.23 Å². The monoisotopic (exact) mass is 85.0 g/mol. The van der Waals surface area contributed by atoms with Crippen LogP contribution in [0.4, 0.5) is 0 Å². The highest BCUT2D eigenvalue weighted by molar-refractivity contribution is 4.94. The quantitative estimate of drug-likeness (QED) is 0.395. The van der Waals surface area contributed by atoms with Gasteiger partial charge < -0.3 is 4.74 Å². The van der Waals surface area contributed by atoms with Gasteiger partial charge in [0.25, 0.3) is 0 Å². The second-order valence-electron chi connectivity index (χ2n) is 1.46. The topological polar surface area (TPSA) is 33.3 Å². The largest absolute Gasteiger partial charge is 0.322 e. The van der Waals surface area contributed by atoms with Gasteiger partial charge in [0.2, 0.25) is 6.35 Å². The molecule has 1 atom stereocenters. The summed E-state index contributed by atoms with van der Waals surface area (Å²) in [4.78, 5) is 0. The lowest BCUT2D eigenvalue weighted by molar-refractivity contribution is -0.0265. The lowest BCUT2D eigenvalue weighted by Gasteiger charge is -2.21. The number of hydrogen-bond acceptors (Lipinski definition) is 3. The number of ether oxygens (including phenoxy) is 1. The van der Waals surface area contributed by atoms with Gasteiger partial charge in [-0.2, -0.15) is 0 Å². The number of nitrogens with one attached hydrogen (secondary N) is 2. The van der Waals surface area contributed by atoms with E-state index in [2.05, 4.69) is 10.6 Å². The van der Waals surface area contributed by atoms with Gasteiger partial charge in [-0.1, -0.05) is 0 Å². The fourth-order valence-electron chi connectivity index (χ4n) is 0.665. The fraction of sp³-hybridized carbons (Fsp3) is 0.667. The Kier molecular flexibility index (Phi) is 0.371. The normalized spacial score (nSPS) is 43.0. The third-order valence-corrected chi connectivity index (χ3v) is 1.00. The van der Waals surface area contributed by atoms with Crippen molar-refractivity contribution in [3.63, 3.8) is 0 Å².